The second-order valence-corrected chi connectivity index (χ2v) is 6.46. The summed E-state index contributed by atoms with van der Waals surface area (Å²) in [6.45, 7) is 8.11. The normalized spacial score (nSPS) is 12.3. The summed E-state index contributed by atoms with van der Waals surface area (Å²) in [5, 5.41) is 11.0. The molecule has 0 saturated heterocycles. The van der Waals surface area contributed by atoms with Gasteiger partial charge in [0.25, 0.3) is 0 Å². The van der Waals surface area contributed by atoms with E-state index in [2.05, 4.69) is 38.3 Å². The molecule has 2 heterocycles. The highest BCUT2D eigenvalue weighted by Crippen LogP contribution is 2.23. The molecule has 3 rings (SSSR count). The third kappa shape index (κ3) is 4.11. The van der Waals surface area contributed by atoms with Gasteiger partial charge in [0.1, 0.15) is 12.2 Å². The van der Waals surface area contributed by atoms with Crippen LogP contribution in [0.2, 0.25) is 0 Å². The molecule has 2 N–H and O–H groups in total. The van der Waals surface area contributed by atoms with E-state index in [-0.39, 0.29) is 12.1 Å². The minimum absolute atomic E-state index is 0.242. The number of hydrogen-bond acceptors (Lipinski definition) is 4. The summed E-state index contributed by atoms with van der Waals surface area (Å²) in [5.74, 6) is 0.731. The number of hydrogen-bond donors (Lipinski definition) is 2. The second kappa shape index (κ2) is 8.22. The first-order valence-corrected chi connectivity index (χ1v) is 9.07. The zero-order chi connectivity index (χ0) is 19.4. The lowest BCUT2D eigenvalue weighted by Gasteiger charge is -2.15. The van der Waals surface area contributed by atoms with E-state index in [0.717, 1.165) is 34.7 Å². The summed E-state index contributed by atoms with van der Waals surface area (Å²) in [6.07, 6.45) is 1.50. The fourth-order valence-electron chi connectivity index (χ4n) is 3.25. The Hall–Kier alpha value is -2.87. The summed E-state index contributed by atoms with van der Waals surface area (Å²) in [4.78, 5) is 16.6. The van der Waals surface area contributed by atoms with Crippen LogP contribution < -0.4 is 10.6 Å². The van der Waals surface area contributed by atoms with Gasteiger partial charge in [0.05, 0.1) is 12.6 Å². The lowest BCUT2D eigenvalue weighted by Crippen LogP contribution is -2.32. The average molecular weight is 370 g/mol. The van der Waals surface area contributed by atoms with Crippen LogP contribution in [0, 0.1) is 6.92 Å². The summed E-state index contributed by atoms with van der Waals surface area (Å²) < 4.78 is 9.16. The topological polar surface area (TPSA) is 86.0 Å². The molecular formula is C19H26N6O2. The van der Waals surface area contributed by atoms with Crippen molar-refractivity contribution < 1.29 is 9.53 Å². The highest BCUT2D eigenvalue weighted by molar-refractivity contribution is 5.93. The number of methoxy groups -OCH3 is 1. The summed E-state index contributed by atoms with van der Waals surface area (Å²) in [6, 6.07) is 7.50. The molecule has 0 aliphatic heterocycles. The highest BCUT2D eigenvalue weighted by atomic mass is 16.5. The fraction of sp³-hybridized carbons (Fsp3) is 0.421. The molecule has 0 unspecified atom stereocenters. The summed E-state index contributed by atoms with van der Waals surface area (Å²) >= 11 is 0. The van der Waals surface area contributed by atoms with E-state index in [1.165, 1.54) is 6.33 Å². The number of aryl methyl sites for hydroxylation is 2. The molecule has 0 saturated carbocycles. The van der Waals surface area contributed by atoms with E-state index in [0.29, 0.717) is 13.2 Å². The molecular weight excluding hydrogens is 344 g/mol. The standard InChI is InChI=1S/C19H26N6O2/c1-5-25-18(20-12-21-25)14(3)22-19(26)23-16-6-7-17-15(11-16)10-13(2)24(17)8-9-27-4/h6-7,10-12,14H,5,8-9H2,1-4H3,(H2,22,23,26)/t14-/m1/s1. The Labute approximate surface area is 158 Å². The van der Waals surface area contributed by atoms with E-state index in [1.807, 2.05) is 32.0 Å². The molecule has 1 atom stereocenters. The molecule has 0 spiro atoms. The van der Waals surface area contributed by atoms with Crippen molar-refractivity contribution in [2.45, 2.75) is 39.9 Å². The average Bonchev–Trinajstić information content (AvgIpc) is 3.23. The van der Waals surface area contributed by atoms with Crippen LogP contribution in [0.5, 0.6) is 0 Å². The van der Waals surface area contributed by atoms with Gasteiger partial charge in [-0.2, -0.15) is 5.10 Å². The highest BCUT2D eigenvalue weighted by Gasteiger charge is 2.15. The number of nitrogens with zero attached hydrogens (tertiary/aromatic N) is 4. The van der Waals surface area contributed by atoms with Crippen LogP contribution >= 0.6 is 0 Å². The predicted molar refractivity (Wildman–Crippen MR) is 105 cm³/mol. The monoisotopic (exact) mass is 370 g/mol. The molecule has 144 valence electrons. The van der Waals surface area contributed by atoms with Crippen molar-refractivity contribution in [3.63, 3.8) is 0 Å². The molecule has 8 nitrogen and oxygen atoms in total. The molecule has 0 aliphatic carbocycles. The number of ether oxygens (including phenoxy) is 1. The van der Waals surface area contributed by atoms with Gasteiger partial charge in [-0.05, 0) is 45.0 Å². The van der Waals surface area contributed by atoms with Gasteiger partial charge in [0.2, 0.25) is 0 Å². The van der Waals surface area contributed by atoms with Gasteiger partial charge in [-0.15, -0.1) is 0 Å². The molecule has 27 heavy (non-hydrogen) atoms. The molecule has 0 aliphatic rings. The number of carbonyl (C=O) groups excluding carboxylic acids is 1. The number of rotatable bonds is 7. The molecule has 0 fully saturated rings. The quantitative estimate of drug-likeness (QED) is 0.669. The van der Waals surface area contributed by atoms with Crippen molar-refractivity contribution in [1.82, 2.24) is 24.6 Å². The van der Waals surface area contributed by atoms with Gasteiger partial charge in [0.15, 0.2) is 0 Å². The van der Waals surface area contributed by atoms with Crippen molar-refractivity contribution in [1.29, 1.82) is 0 Å². The van der Waals surface area contributed by atoms with Crippen molar-refractivity contribution in [3.8, 4) is 0 Å². The Morgan fingerprint density at radius 2 is 2.15 bits per heavy atom. The number of aromatic nitrogens is 4. The second-order valence-electron chi connectivity index (χ2n) is 6.46. The molecule has 2 amide bonds. The van der Waals surface area contributed by atoms with Crippen LogP contribution in [-0.4, -0.2) is 39.1 Å². The van der Waals surface area contributed by atoms with Crippen molar-refractivity contribution >= 4 is 22.6 Å². The first-order valence-electron chi connectivity index (χ1n) is 9.07. The van der Waals surface area contributed by atoms with Gasteiger partial charge in [-0.3, -0.25) is 0 Å². The van der Waals surface area contributed by atoms with Crippen molar-refractivity contribution in [2.75, 3.05) is 19.0 Å². The van der Waals surface area contributed by atoms with Crippen LogP contribution in [0.25, 0.3) is 10.9 Å². The Kier molecular flexibility index (Phi) is 5.75. The van der Waals surface area contributed by atoms with E-state index in [9.17, 15) is 4.79 Å². The van der Waals surface area contributed by atoms with Crippen LogP contribution in [-0.2, 0) is 17.8 Å². The maximum Gasteiger partial charge on any atom is 0.319 e. The summed E-state index contributed by atoms with van der Waals surface area (Å²) in [7, 11) is 1.70. The zero-order valence-corrected chi connectivity index (χ0v) is 16.2. The van der Waals surface area contributed by atoms with Crippen LogP contribution in [0.15, 0.2) is 30.6 Å². The molecule has 3 aromatic rings. The molecule has 2 aromatic heterocycles. The Balaban J connectivity index is 1.70. The molecule has 8 heteroatoms. The number of urea groups is 1. The maximum atomic E-state index is 12.4. The van der Waals surface area contributed by atoms with Gasteiger partial charge in [-0.25, -0.2) is 14.5 Å². The Morgan fingerprint density at radius 1 is 1.33 bits per heavy atom. The number of nitrogens with one attached hydrogen (secondary N) is 2. The Morgan fingerprint density at radius 3 is 2.89 bits per heavy atom. The van der Waals surface area contributed by atoms with Crippen molar-refractivity contribution in [2.24, 2.45) is 0 Å². The number of anilines is 1. The third-order valence-corrected chi connectivity index (χ3v) is 4.57. The van der Waals surface area contributed by atoms with Gasteiger partial charge >= 0.3 is 6.03 Å². The number of amides is 2. The van der Waals surface area contributed by atoms with Crippen LogP contribution in [0.3, 0.4) is 0 Å². The zero-order valence-electron chi connectivity index (χ0n) is 16.2. The number of carbonyl (C=O) groups is 1. The SMILES string of the molecule is CCn1ncnc1[C@@H](C)NC(=O)Nc1ccc2c(c1)cc(C)n2CCOC. The lowest BCUT2D eigenvalue weighted by molar-refractivity contribution is 0.188. The smallest absolute Gasteiger partial charge is 0.319 e. The fourth-order valence-corrected chi connectivity index (χ4v) is 3.25. The summed E-state index contributed by atoms with van der Waals surface area (Å²) in [5.41, 5.74) is 3.03. The first-order chi connectivity index (χ1) is 13.0. The van der Waals surface area contributed by atoms with E-state index < -0.39 is 0 Å². The van der Waals surface area contributed by atoms with Gasteiger partial charge < -0.3 is 19.9 Å². The molecule has 0 bridgehead atoms. The van der Waals surface area contributed by atoms with Crippen molar-refractivity contribution in [3.05, 3.63) is 42.1 Å². The van der Waals surface area contributed by atoms with E-state index in [4.69, 9.17) is 4.74 Å². The Bertz CT molecular complexity index is 930. The number of benzene rings is 1. The maximum absolute atomic E-state index is 12.4. The van der Waals surface area contributed by atoms with Gasteiger partial charge in [-0.1, -0.05) is 0 Å². The third-order valence-electron chi connectivity index (χ3n) is 4.57. The molecule has 0 radical (unpaired) electrons. The minimum Gasteiger partial charge on any atom is -0.383 e. The molecule has 1 aromatic carbocycles. The van der Waals surface area contributed by atoms with E-state index >= 15 is 0 Å². The largest absolute Gasteiger partial charge is 0.383 e. The lowest BCUT2D eigenvalue weighted by atomic mass is 10.2. The predicted octanol–water partition coefficient (Wildman–Crippen LogP) is 3.09. The first kappa shape index (κ1) is 18.9. The van der Waals surface area contributed by atoms with E-state index in [1.54, 1.807) is 11.8 Å². The minimum atomic E-state index is -0.275. The van der Waals surface area contributed by atoms with Crippen LogP contribution in [0.4, 0.5) is 10.5 Å². The number of fused-ring (bicyclic) bond motifs is 1. The van der Waals surface area contributed by atoms with Gasteiger partial charge in [0, 0.05) is 42.5 Å². The van der Waals surface area contributed by atoms with Crippen LogP contribution in [0.1, 0.15) is 31.4 Å².